The third-order valence-electron chi connectivity index (χ3n) is 5.21. The standard InChI is InChI=1S/C22H27N5O12S4/c1-16-23-21(25-17-6-4-8-19(14-17)40(28,29)12-10-38-42(32,33)36-2)27-22(24-16)26-18-7-5-9-20(15-18)41(30,31)13-11-39-43(34,35)37-3/h4-9,14-15H,10-13H2,1-3H3,(H2,23,24,25,26,27). The molecule has 0 atom stereocenters. The molecule has 0 radical (unpaired) electrons. The number of hydrogen-bond donors (Lipinski definition) is 2. The topological polar surface area (TPSA) is 236 Å². The van der Waals surface area contributed by atoms with Crippen molar-refractivity contribution in [1.82, 2.24) is 15.0 Å². The van der Waals surface area contributed by atoms with Crippen LogP contribution in [0.2, 0.25) is 0 Å². The van der Waals surface area contributed by atoms with Crippen LogP contribution in [-0.2, 0) is 57.2 Å². The highest BCUT2D eigenvalue weighted by Crippen LogP contribution is 2.22. The largest absolute Gasteiger partial charge is 0.399 e. The summed E-state index contributed by atoms with van der Waals surface area (Å²) in [5.74, 6) is -0.947. The van der Waals surface area contributed by atoms with Crippen LogP contribution < -0.4 is 10.6 Å². The summed E-state index contributed by atoms with van der Waals surface area (Å²) in [7, 11) is -14.7. The predicted octanol–water partition coefficient (Wildman–Crippen LogP) is 1.03. The van der Waals surface area contributed by atoms with E-state index in [4.69, 9.17) is 0 Å². The molecule has 21 heteroatoms. The number of nitrogens with zero attached hydrogens (tertiary/aromatic N) is 3. The smallest absolute Gasteiger partial charge is 0.324 e. The van der Waals surface area contributed by atoms with Gasteiger partial charge in [0.2, 0.25) is 11.9 Å². The van der Waals surface area contributed by atoms with Crippen LogP contribution in [0.5, 0.6) is 0 Å². The number of benzene rings is 2. The van der Waals surface area contributed by atoms with Crippen LogP contribution in [0.15, 0.2) is 58.3 Å². The van der Waals surface area contributed by atoms with Gasteiger partial charge in [-0.05, 0) is 43.3 Å². The van der Waals surface area contributed by atoms with Gasteiger partial charge in [-0.3, -0.25) is 8.37 Å². The number of anilines is 4. The van der Waals surface area contributed by atoms with E-state index in [-0.39, 0.29) is 38.9 Å². The molecule has 0 aliphatic rings. The van der Waals surface area contributed by atoms with Crippen molar-refractivity contribution in [3.05, 3.63) is 54.4 Å². The molecule has 0 saturated carbocycles. The maximum absolute atomic E-state index is 12.7. The van der Waals surface area contributed by atoms with E-state index >= 15 is 0 Å². The number of hydrogen-bond acceptors (Lipinski definition) is 17. The Kier molecular flexibility index (Phi) is 11.1. The number of sulfone groups is 2. The normalized spacial score (nSPS) is 12.6. The number of aryl methyl sites for hydroxylation is 1. The lowest BCUT2D eigenvalue weighted by molar-refractivity contribution is 0.254. The second-order valence-electron chi connectivity index (χ2n) is 8.27. The fourth-order valence-electron chi connectivity index (χ4n) is 3.21. The van der Waals surface area contributed by atoms with Gasteiger partial charge in [0.15, 0.2) is 19.7 Å². The summed E-state index contributed by atoms with van der Waals surface area (Å²) in [6.07, 6.45) is 0. The molecule has 2 aromatic carbocycles. The molecule has 0 amide bonds. The molecule has 0 unspecified atom stereocenters. The minimum Gasteiger partial charge on any atom is -0.324 e. The minimum atomic E-state index is -4.29. The average molecular weight is 682 g/mol. The Labute approximate surface area is 249 Å². The van der Waals surface area contributed by atoms with E-state index in [9.17, 15) is 33.7 Å². The number of aromatic nitrogens is 3. The zero-order valence-corrected chi connectivity index (χ0v) is 26.1. The highest BCUT2D eigenvalue weighted by Gasteiger charge is 2.20. The zero-order valence-electron chi connectivity index (χ0n) is 22.8. The van der Waals surface area contributed by atoms with Gasteiger partial charge in [-0.2, -0.15) is 31.8 Å². The third kappa shape index (κ3) is 10.4. The van der Waals surface area contributed by atoms with E-state index in [2.05, 4.69) is 42.3 Å². The first-order valence-electron chi connectivity index (χ1n) is 11.9. The lowest BCUT2D eigenvalue weighted by Gasteiger charge is -2.11. The van der Waals surface area contributed by atoms with Gasteiger partial charge in [-0.1, -0.05) is 12.1 Å². The molecule has 0 bridgehead atoms. The van der Waals surface area contributed by atoms with E-state index < -0.39 is 65.2 Å². The summed E-state index contributed by atoms with van der Waals surface area (Å²) in [6, 6.07) is 11.2. The first kappa shape index (κ1) is 34.2. The van der Waals surface area contributed by atoms with Crippen molar-refractivity contribution in [3.63, 3.8) is 0 Å². The molecule has 0 aliphatic carbocycles. The first-order valence-corrected chi connectivity index (χ1v) is 17.8. The van der Waals surface area contributed by atoms with Gasteiger partial charge in [0.05, 0.1) is 48.7 Å². The second-order valence-corrected chi connectivity index (χ2v) is 15.3. The highest BCUT2D eigenvalue weighted by atomic mass is 32.3. The Hall–Kier alpha value is -3.31. The fourth-order valence-corrected chi connectivity index (χ4v) is 6.45. The van der Waals surface area contributed by atoms with Gasteiger partial charge >= 0.3 is 20.8 Å². The summed E-state index contributed by atoms with van der Waals surface area (Å²) in [4.78, 5) is 12.3. The monoisotopic (exact) mass is 681 g/mol. The van der Waals surface area contributed by atoms with Crippen LogP contribution in [0.3, 0.4) is 0 Å². The predicted molar refractivity (Wildman–Crippen MR) is 152 cm³/mol. The summed E-state index contributed by atoms with van der Waals surface area (Å²) < 4.78 is 113. The Morgan fingerprint density at radius 2 is 1.02 bits per heavy atom. The van der Waals surface area contributed by atoms with Crippen LogP contribution >= 0.6 is 0 Å². The molecule has 1 aromatic heterocycles. The zero-order chi connectivity index (χ0) is 31.9. The third-order valence-corrected chi connectivity index (χ3v) is 10.3. The minimum absolute atomic E-state index is 0.0272. The van der Waals surface area contributed by atoms with Crippen molar-refractivity contribution in [2.24, 2.45) is 0 Å². The van der Waals surface area contributed by atoms with Crippen molar-refractivity contribution in [2.75, 3.05) is 49.6 Å². The van der Waals surface area contributed by atoms with Crippen LogP contribution in [0.4, 0.5) is 23.3 Å². The molecule has 0 aliphatic heterocycles. The first-order chi connectivity index (χ1) is 20.0. The van der Waals surface area contributed by atoms with Crippen molar-refractivity contribution < 1.29 is 50.4 Å². The van der Waals surface area contributed by atoms with Gasteiger partial charge in [0.1, 0.15) is 5.82 Å². The molecule has 236 valence electrons. The van der Waals surface area contributed by atoms with E-state index in [0.717, 1.165) is 14.2 Å². The Morgan fingerprint density at radius 3 is 1.40 bits per heavy atom. The summed E-state index contributed by atoms with van der Waals surface area (Å²) in [5.41, 5.74) is 0.572. The molecule has 0 fully saturated rings. The lowest BCUT2D eigenvalue weighted by atomic mass is 10.3. The Balaban J connectivity index is 1.74. The van der Waals surface area contributed by atoms with Gasteiger partial charge < -0.3 is 10.6 Å². The van der Waals surface area contributed by atoms with Crippen LogP contribution in [0, 0.1) is 6.92 Å². The molecular formula is C22H27N5O12S4. The molecule has 1 heterocycles. The SMILES string of the molecule is COS(=O)(=O)OCCS(=O)(=O)c1cccc(Nc2nc(C)nc(Nc3cccc(S(=O)(=O)CCOS(=O)(=O)OC)c3)n2)c1. The van der Waals surface area contributed by atoms with Crippen LogP contribution in [0.1, 0.15) is 5.82 Å². The summed E-state index contributed by atoms with van der Waals surface area (Å²) in [6.45, 7) is 0.273. The van der Waals surface area contributed by atoms with Crippen molar-refractivity contribution in [2.45, 2.75) is 16.7 Å². The van der Waals surface area contributed by atoms with Gasteiger partial charge in [0.25, 0.3) is 0 Å². The van der Waals surface area contributed by atoms with E-state index in [1.54, 1.807) is 19.1 Å². The van der Waals surface area contributed by atoms with Gasteiger partial charge in [-0.15, -0.1) is 0 Å². The van der Waals surface area contributed by atoms with E-state index in [1.807, 2.05) is 0 Å². The van der Waals surface area contributed by atoms with Crippen LogP contribution in [-0.4, -0.2) is 87.6 Å². The summed E-state index contributed by atoms with van der Waals surface area (Å²) in [5, 5.41) is 5.73. The van der Waals surface area contributed by atoms with E-state index in [1.165, 1.54) is 36.4 Å². The maximum Gasteiger partial charge on any atom is 0.399 e. The molecule has 0 saturated heterocycles. The van der Waals surface area contributed by atoms with Gasteiger partial charge in [0, 0.05) is 11.4 Å². The number of rotatable bonds is 16. The second kappa shape index (κ2) is 14.0. The lowest BCUT2D eigenvalue weighted by Crippen LogP contribution is -2.16. The van der Waals surface area contributed by atoms with Crippen molar-refractivity contribution >= 4 is 63.7 Å². The molecule has 43 heavy (non-hydrogen) atoms. The Bertz CT molecular complexity index is 1750. The average Bonchev–Trinajstić information content (AvgIpc) is 2.92. The van der Waals surface area contributed by atoms with Crippen molar-refractivity contribution in [1.29, 1.82) is 0 Å². The van der Waals surface area contributed by atoms with E-state index in [0.29, 0.717) is 0 Å². The molecular weight excluding hydrogens is 655 g/mol. The Morgan fingerprint density at radius 1 is 0.628 bits per heavy atom. The number of nitrogens with one attached hydrogen (secondary N) is 2. The highest BCUT2D eigenvalue weighted by molar-refractivity contribution is 7.91. The molecule has 3 rings (SSSR count). The molecule has 3 aromatic rings. The molecule has 0 spiro atoms. The van der Waals surface area contributed by atoms with Gasteiger partial charge in [-0.25, -0.2) is 25.2 Å². The fraction of sp³-hybridized carbons (Fsp3) is 0.318. The summed E-state index contributed by atoms with van der Waals surface area (Å²) >= 11 is 0. The molecule has 2 N–H and O–H groups in total. The van der Waals surface area contributed by atoms with Crippen molar-refractivity contribution in [3.8, 4) is 0 Å². The maximum atomic E-state index is 12.7. The molecule has 17 nitrogen and oxygen atoms in total. The van der Waals surface area contributed by atoms with Crippen LogP contribution in [0.25, 0.3) is 0 Å². The quantitative estimate of drug-likeness (QED) is 0.215.